The lowest BCUT2D eigenvalue weighted by Crippen LogP contribution is -2.11. The molecule has 6 nitrogen and oxygen atoms in total. The Labute approximate surface area is 160 Å². The van der Waals surface area contributed by atoms with Gasteiger partial charge in [0.1, 0.15) is 5.82 Å². The molecule has 1 heterocycles. The summed E-state index contributed by atoms with van der Waals surface area (Å²) in [6, 6.07) is 11.1. The van der Waals surface area contributed by atoms with Gasteiger partial charge in [0.15, 0.2) is 0 Å². The predicted octanol–water partition coefficient (Wildman–Crippen LogP) is 4.03. The number of halogens is 2. The third-order valence-corrected chi connectivity index (χ3v) is 5.59. The van der Waals surface area contributed by atoms with Crippen LogP contribution in [0.2, 0.25) is 5.02 Å². The molecule has 0 spiro atoms. The van der Waals surface area contributed by atoms with Crippen molar-refractivity contribution in [3.8, 4) is 11.5 Å². The zero-order chi connectivity index (χ0) is 19.4. The number of hydrogen-bond donors (Lipinski definition) is 1. The normalized spacial score (nSPS) is 11.5. The van der Waals surface area contributed by atoms with E-state index in [0.717, 1.165) is 12.1 Å². The Hall–Kier alpha value is -2.42. The van der Waals surface area contributed by atoms with Crippen LogP contribution in [0.3, 0.4) is 0 Å². The van der Waals surface area contributed by atoms with Crippen molar-refractivity contribution in [1.82, 2.24) is 4.98 Å². The van der Waals surface area contributed by atoms with Crippen LogP contribution in [-0.2, 0) is 14.6 Å². The number of sulfone groups is 1. The molecule has 0 saturated heterocycles. The Morgan fingerprint density at radius 1 is 1.15 bits per heavy atom. The van der Waals surface area contributed by atoms with Crippen molar-refractivity contribution in [3.05, 3.63) is 59.4 Å². The van der Waals surface area contributed by atoms with Gasteiger partial charge in [0.2, 0.25) is 26.6 Å². The number of benzene rings is 2. The van der Waals surface area contributed by atoms with Crippen molar-refractivity contribution < 1.29 is 22.0 Å². The number of hydrogen-bond acceptors (Lipinski definition) is 6. The molecule has 27 heavy (non-hydrogen) atoms. The molecule has 1 N–H and O–H groups in total. The Morgan fingerprint density at radius 3 is 2.44 bits per heavy atom. The van der Waals surface area contributed by atoms with Gasteiger partial charge in [-0.2, -0.15) is 4.98 Å². The molecular formula is C18H16ClFN2O4S. The van der Waals surface area contributed by atoms with E-state index in [0.29, 0.717) is 23.7 Å². The molecule has 0 amide bonds. The van der Waals surface area contributed by atoms with E-state index >= 15 is 0 Å². The summed E-state index contributed by atoms with van der Waals surface area (Å²) in [5.41, 5.74) is 0.565. The van der Waals surface area contributed by atoms with Crippen molar-refractivity contribution >= 4 is 27.3 Å². The smallest absolute Gasteiger partial charge is 0.233 e. The third kappa shape index (κ3) is 4.29. The van der Waals surface area contributed by atoms with E-state index in [-0.39, 0.29) is 21.7 Å². The first-order valence-electron chi connectivity index (χ1n) is 7.92. The quantitative estimate of drug-likeness (QED) is 0.468. The van der Waals surface area contributed by atoms with E-state index < -0.39 is 15.7 Å². The zero-order valence-electron chi connectivity index (χ0n) is 14.3. The molecule has 0 aliphatic rings. The Balaban J connectivity index is 2.06. The molecule has 0 aliphatic carbocycles. The standard InChI is InChI=1S/C18H16ClFN2O4S/c1-25-11-10-21-17-18(27(23,24)15-8-6-14(20)7-9-15)22-16(26-17)12-2-4-13(19)5-3-12/h2-9,21H,10-11H2,1H3. The molecule has 0 unspecified atom stereocenters. The zero-order valence-corrected chi connectivity index (χ0v) is 15.8. The average molecular weight is 411 g/mol. The van der Waals surface area contributed by atoms with E-state index in [1.807, 2.05) is 0 Å². The van der Waals surface area contributed by atoms with Crippen LogP contribution in [0.25, 0.3) is 11.5 Å². The SMILES string of the molecule is COCCNc1oc(-c2ccc(Cl)cc2)nc1S(=O)(=O)c1ccc(F)cc1. The number of oxazole rings is 1. The van der Waals surface area contributed by atoms with E-state index in [1.54, 1.807) is 24.3 Å². The van der Waals surface area contributed by atoms with Gasteiger partial charge in [0.25, 0.3) is 0 Å². The fourth-order valence-corrected chi connectivity index (χ4v) is 3.71. The minimum absolute atomic E-state index is 0.0127. The second-order valence-electron chi connectivity index (χ2n) is 5.54. The minimum atomic E-state index is -4.02. The molecule has 9 heteroatoms. The summed E-state index contributed by atoms with van der Waals surface area (Å²) >= 11 is 5.88. The summed E-state index contributed by atoms with van der Waals surface area (Å²) in [6.07, 6.45) is 0. The van der Waals surface area contributed by atoms with Crippen LogP contribution in [0.4, 0.5) is 10.3 Å². The molecule has 1 aromatic heterocycles. The maximum atomic E-state index is 13.2. The van der Waals surface area contributed by atoms with E-state index in [9.17, 15) is 12.8 Å². The fourth-order valence-electron chi connectivity index (χ4n) is 2.31. The molecule has 0 atom stereocenters. The van der Waals surface area contributed by atoms with Crippen LogP contribution < -0.4 is 5.32 Å². The van der Waals surface area contributed by atoms with Gasteiger partial charge in [0.05, 0.1) is 11.5 Å². The van der Waals surface area contributed by atoms with Gasteiger partial charge < -0.3 is 14.5 Å². The van der Waals surface area contributed by atoms with Gasteiger partial charge in [-0.05, 0) is 48.5 Å². The maximum absolute atomic E-state index is 13.2. The predicted molar refractivity (Wildman–Crippen MR) is 99.2 cm³/mol. The summed E-state index contributed by atoms with van der Waals surface area (Å²) in [5, 5.41) is 3.12. The summed E-state index contributed by atoms with van der Waals surface area (Å²) in [4.78, 5) is 4.08. The lowest BCUT2D eigenvalue weighted by atomic mass is 10.2. The summed E-state index contributed by atoms with van der Waals surface area (Å²) in [5.74, 6) is -0.428. The van der Waals surface area contributed by atoms with E-state index in [4.69, 9.17) is 20.8 Å². The van der Waals surface area contributed by atoms with Gasteiger partial charge in [-0.1, -0.05) is 11.6 Å². The fraction of sp³-hybridized carbons (Fsp3) is 0.167. The summed E-state index contributed by atoms with van der Waals surface area (Å²) in [7, 11) is -2.49. The Morgan fingerprint density at radius 2 is 1.81 bits per heavy atom. The van der Waals surface area contributed by atoms with Gasteiger partial charge in [-0.25, -0.2) is 12.8 Å². The van der Waals surface area contributed by atoms with Crippen LogP contribution in [0, 0.1) is 5.82 Å². The third-order valence-electron chi connectivity index (χ3n) is 3.66. The summed E-state index contributed by atoms with van der Waals surface area (Å²) < 4.78 is 49.7. The first kappa shape index (κ1) is 19.3. The number of nitrogens with one attached hydrogen (secondary N) is 1. The topological polar surface area (TPSA) is 81.4 Å². The highest BCUT2D eigenvalue weighted by atomic mass is 35.5. The summed E-state index contributed by atoms with van der Waals surface area (Å²) in [6.45, 7) is 0.657. The number of aromatic nitrogens is 1. The molecule has 0 fully saturated rings. The Kier molecular flexibility index (Phi) is 5.79. The second-order valence-corrected chi connectivity index (χ2v) is 7.84. The van der Waals surface area contributed by atoms with Crippen molar-refractivity contribution in [2.24, 2.45) is 0 Å². The Bertz CT molecular complexity index is 1020. The lowest BCUT2D eigenvalue weighted by Gasteiger charge is -2.05. The van der Waals surface area contributed by atoms with Crippen LogP contribution >= 0.6 is 11.6 Å². The second kappa shape index (κ2) is 8.08. The molecule has 0 aliphatic heterocycles. The maximum Gasteiger partial charge on any atom is 0.233 e. The molecule has 142 valence electrons. The number of anilines is 1. The van der Waals surface area contributed by atoms with Crippen molar-refractivity contribution in [1.29, 1.82) is 0 Å². The highest BCUT2D eigenvalue weighted by Crippen LogP contribution is 2.32. The van der Waals surface area contributed by atoms with Crippen molar-refractivity contribution in [2.75, 3.05) is 25.6 Å². The molecule has 0 bridgehead atoms. The molecular weight excluding hydrogens is 395 g/mol. The van der Waals surface area contributed by atoms with Crippen molar-refractivity contribution in [2.45, 2.75) is 9.92 Å². The minimum Gasteiger partial charge on any atom is -0.419 e. The number of methoxy groups -OCH3 is 1. The highest BCUT2D eigenvalue weighted by Gasteiger charge is 2.28. The van der Waals surface area contributed by atoms with Crippen LogP contribution in [0.5, 0.6) is 0 Å². The van der Waals surface area contributed by atoms with Gasteiger partial charge in [-0.15, -0.1) is 0 Å². The van der Waals surface area contributed by atoms with Crippen LogP contribution in [-0.4, -0.2) is 33.7 Å². The molecule has 2 aromatic carbocycles. The van der Waals surface area contributed by atoms with E-state index in [2.05, 4.69) is 10.3 Å². The lowest BCUT2D eigenvalue weighted by molar-refractivity contribution is 0.210. The van der Waals surface area contributed by atoms with Crippen LogP contribution in [0.15, 0.2) is 62.9 Å². The number of ether oxygens (including phenoxy) is 1. The van der Waals surface area contributed by atoms with Gasteiger partial charge >= 0.3 is 0 Å². The number of nitrogens with zero attached hydrogens (tertiary/aromatic N) is 1. The first-order valence-corrected chi connectivity index (χ1v) is 9.78. The monoisotopic (exact) mass is 410 g/mol. The molecule has 0 saturated carbocycles. The highest BCUT2D eigenvalue weighted by molar-refractivity contribution is 7.91. The van der Waals surface area contributed by atoms with Crippen LogP contribution in [0.1, 0.15) is 0 Å². The number of rotatable bonds is 7. The van der Waals surface area contributed by atoms with Crippen molar-refractivity contribution in [3.63, 3.8) is 0 Å². The van der Waals surface area contributed by atoms with Gasteiger partial charge in [-0.3, -0.25) is 0 Å². The largest absolute Gasteiger partial charge is 0.419 e. The average Bonchev–Trinajstić information content (AvgIpc) is 3.08. The molecule has 3 aromatic rings. The van der Waals surface area contributed by atoms with E-state index in [1.165, 1.54) is 19.2 Å². The first-order chi connectivity index (χ1) is 12.9. The molecule has 0 radical (unpaired) electrons. The molecule has 3 rings (SSSR count). The van der Waals surface area contributed by atoms with Gasteiger partial charge in [0, 0.05) is 24.2 Å².